The summed E-state index contributed by atoms with van der Waals surface area (Å²) in [7, 11) is 0. The van der Waals surface area contributed by atoms with Crippen LogP contribution in [0.1, 0.15) is 23.5 Å². The maximum Gasteiger partial charge on any atom is 0.00620 e. The molecule has 1 atom stereocenters. The van der Waals surface area contributed by atoms with Crippen LogP contribution in [0.25, 0.3) is 16.8 Å². The van der Waals surface area contributed by atoms with Crippen molar-refractivity contribution in [2.24, 2.45) is 0 Å². The molecule has 1 unspecified atom stereocenters. The van der Waals surface area contributed by atoms with Gasteiger partial charge in [-0.2, -0.15) is 0 Å². The fraction of sp³-hybridized carbons (Fsp3) is 0.125. The summed E-state index contributed by atoms with van der Waals surface area (Å²) in [5, 5.41) is 2.76. The molecule has 3 rings (SSSR count). The lowest BCUT2D eigenvalue weighted by Gasteiger charge is -2.20. The van der Waals surface area contributed by atoms with Gasteiger partial charge in [-0.25, -0.2) is 0 Å². The van der Waals surface area contributed by atoms with Crippen LogP contribution in [0.4, 0.5) is 0 Å². The third-order valence-corrected chi connectivity index (χ3v) is 3.30. The Hall–Kier alpha value is -1.82. The fourth-order valence-electron chi connectivity index (χ4n) is 2.56. The average Bonchev–Trinajstić information content (AvgIpc) is 2.33. The number of allylic oxidation sites excluding steroid dienone is 2. The van der Waals surface area contributed by atoms with Crippen molar-refractivity contribution in [2.45, 2.75) is 12.3 Å². The van der Waals surface area contributed by atoms with Gasteiger partial charge in [0.15, 0.2) is 0 Å². The molecule has 0 saturated heterocycles. The van der Waals surface area contributed by atoms with E-state index in [4.69, 9.17) is 0 Å². The third kappa shape index (κ3) is 1.30. The summed E-state index contributed by atoms with van der Waals surface area (Å²) in [6.45, 7) is 3.84. The molecular weight excluding hydrogens is 192 g/mol. The molecule has 0 fully saturated rings. The Labute approximate surface area is 95.9 Å². The average molecular weight is 206 g/mol. The van der Waals surface area contributed by atoms with Gasteiger partial charge in [-0.05, 0) is 28.3 Å². The maximum atomic E-state index is 3.84. The Balaban J connectivity index is 2.31. The Morgan fingerprint density at radius 1 is 1.12 bits per heavy atom. The van der Waals surface area contributed by atoms with Crippen molar-refractivity contribution in [1.82, 2.24) is 0 Å². The molecule has 0 aromatic heterocycles. The van der Waals surface area contributed by atoms with E-state index in [2.05, 4.69) is 55.1 Å². The Morgan fingerprint density at radius 2 is 1.94 bits per heavy atom. The maximum absolute atomic E-state index is 3.84. The lowest BCUT2D eigenvalue weighted by atomic mass is 9.84. The second-order valence-electron chi connectivity index (χ2n) is 4.28. The Morgan fingerprint density at radius 3 is 2.75 bits per heavy atom. The fourth-order valence-corrected chi connectivity index (χ4v) is 2.56. The van der Waals surface area contributed by atoms with Gasteiger partial charge < -0.3 is 0 Å². The summed E-state index contributed by atoms with van der Waals surface area (Å²) >= 11 is 0. The Kier molecular flexibility index (Phi) is 2.14. The van der Waals surface area contributed by atoms with Crippen molar-refractivity contribution in [3.05, 3.63) is 66.3 Å². The predicted molar refractivity (Wildman–Crippen MR) is 70.5 cm³/mol. The van der Waals surface area contributed by atoms with Gasteiger partial charge in [-0.15, -0.1) is 6.58 Å². The molecule has 0 bridgehead atoms. The number of rotatable bonds is 2. The normalized spacial score (nSPS) is 17.6. The van der Waals surface area contributed by atoms with E-state index in [1.807, 2.05) is 6.08 Å². The zero-order valence-corrected chi connectivity index (χ0v) is 9.19. The van der Waals surface area contributed by atoms with E-state index in [1.165, 1.54) is 21.9 Å². The highest BCUT2D eigenvalue weighted by Crippen LogP contribution is 2.36. The van der Waals surface area contributed by atoms with Gasteiger partial charge >= 0.3 is 0 Å². The Bertz CT molecular complexity index is 570. The summed E-state index contributed by atoms with van der Waals surface area (Å²) < 4.78 is 0. The summed E-state index contributed by atoms with van der Waals surface area (Å²) in [5.74, 6) is 0.496. The molecule has 16 heavy (non-hydrogen) atoms. The van der Waals surface area contributed by atoms with Gasteiger partial charge in [0.2, 0.25) is 0 Å². The smallest absolute Gasteiger partial charge is 0.00620 e. The van der Waals surface area contributed by atoms with Gasteiger partial charge in [0, 0.05) is 5.92 Å². The van der Waals surface area contributed by atoms with Crippen LogP contribution in [0.2, 0.25) is 0 Å². The number of benzene rings is 2. The number of hydrogen-bond donors (Lipinski definition) is 0. The van der Waals surface area contributed by atoms with Gasteiger partial charge in [0.05, 0.1) is 0 Å². The van der Waals surface area contributed by atoms with E-state index in [-0.39, 0.29) is 0 Å². The van der Waals surface area contributed by atoms with Gasteiger partial charge in [0.25, 0.3) is 0 Å². The minimum atomic E-state index is 0.496. The monoisotopic (exact) mass is 206 g/mol. The van der Waals surface area contributed by atoms with Crippen LogP contribution < -0.4 is 0 Å². The minimum absolute atomic E-state index is 0.496. The third-order valence-electron chi connectivity index (χ3n) is 3.30. The molecule has 2 aromatic rings. The first-order valence-corrected chi connectivity index (χ1v) is 5.71. The van der Waals surface area contributed by atoms with Crippen LogP contribution >= 0.6 is 0 Å². The minimum Gasteiger partial charge on any atom is -0.103 e. The van der Waals surface area contributed by atoms with E-state index < -0.39 is 0 Å². The van der Waals surface area contributed by atoms with Crippen molar-refractivity contribution >= 4 is 16.8 Å². The summed E-state index contributed by atoms with van der Waals surface area (Å²) in [6.07, 6.45) is 7.55. The molecular formula is C16H14. The van der Waals surface area contributed by atoms with Crippen LogP contribution in [0.5, 0.6) is 0 Å². The van der Waals surface area contributed by atoms with E-state index in [0.29, 0.717) is 5.92 Å². The summed E-state index contributed by atoms with van der Waals surface area (Å²) in [5.41, 5.74) is 2.78. The SMILES string of the molecule is C=CCC1C=Cc2cccc3cccc1c23. The van der Waals surface area contributed by atoms with Gasteiger partial charge in [-0.3, -0.25) is 0 Å². The first kappa shape index (κ1) is 9.41. The summed E-state index contributed by atoms with van der Waals surface area (Å²) in [6, 6.07) is 13.1. The largest absolute Gasteiger partial charge is 0.103 e. The van der Waals surface area contributed by atoms with Crippen LogP contribution in [0.15, 0.2) is 55.1 Å². The van der Waals surface area contributed by atoms with Crippen LogP contribution in [-0.2, 0) is 0 Å². The zero-order chi connectivity index (χ0) is 11.0. The summed E-state index contributed by atoms with van der Waals surface area (Å²) in [4.78, 5) is 0. The molecule has 78 valence electrons. The highest BCUT2D eigenvalue weighted by atomic mass is 14.2. The van der Waals surface area contributed by atoms with E-state index in [9.17, 15) is 0 Å². The molecule has 0 spiro atoms. The molecule has 1 aliphatic carbocycles. The van der Waals surface area contributed by atoms with Crippen LogP contribution in [0, 0.1) is 0 Å². The van der Waals surface area contributed by atoms with E-state index in [1.54, 1.807) is 0 Å². The van der Waals surface area contributed by atoms with Gasteiger partial charge in [-0.1, -0.05) is 54.6 Å². The lowest BCUT2D eigenvalue weighted by molar-refractivity contribution is 0.874. The first-order chi connectivity index (χ1) is 7.90. The van der Waals surface area contributed by atoms with Crippen molar-refractivity contribution in [3.8, 4) is 0 Å². The molecule has 0 heterocycles. The van der Waals surface area contributed by atoms with Crippen LogP contribution in [0.3, 0.4) is 0 Å². The molecule has 0 amide bonds. The first-order valence-electron chi connectivity index (χ1n) is 5.71. The molecule has 0 nitrogen and oxygen atoms in total. The molecule has 0 radical (unpaired) electrons. The van der Waals surface area contributed by atoms with E-state index >= 15 is 0 Å². The molecule has 2 aromatic carbocycles. The second kappa shape index (κ2) is 3.64. The van der Waals surface area contributed by atoms with Crippen LogP contribution in [-0.4, -0.2) is 0 Å². The van der Waals surface area contributed by atoms with Crippen molar-refractivity contribution in [1.29, 1.82) is 0 Å². The predicted octanol–water partition coefficient (Wildman–Crippen LogP) is 4.53. The van der Waals surface area contributed by atoms with Crippen molar-refractivity contribution < 1.29 is 0 Å². The molecule has 0 saturated carbocycles. The standard InChI is InChI=1S/C16H14/c1-2-5-12-10-11-14-7-3-6-13-8-4-9-15(12)16(13)14/h2-4,6-12H,1,5H2. The van der Waals surface area contributed by atoms with Gasteiger partial charge in [0.1, 0.15) is 0 Å². The molecule has 0 heteroatoms. The number of hydrogen-bond acceptors (Lipinski definition) is 0. The highest BCUT2D eigenvalue weighted by molar-refractivity contribution is 5.95. The molecule has 0 aliphatic heterocycles. The lowest BCUT2D eigenvalue weighted by Crippen LogP contribution is -2.00. The van der Waals surface area contributed by atoms with Crippen molar-refractivity contribution in [2.75, 3.05) is 0 Å². The molecule has 1 aliphatic rings. The molecule has 0 N–H and O–H groups in total. The van der Waals surface area contributed by atoms with E-state index in [0.717, 1.165) is 6.42 Å². The van der Waals surface area contributed by atoms with Crippen molar-refractivity contribution in [3.63, 3.8) is 0 Å². The highest BCUT2D eigenvalue weighted by Gasteiger charge is 2.15. The quantitative estimate of drug-likeness (QED) is 0.633. The second-order valence-corrected chi connectivity index (χ2v) is 4.28. The topological polar surface area (TPSA) is 0 Å². The zero-order valence-electron chi connectivity index (χ0n) is 9.19.